The fourth-order valence-corrected chi connectivity index (χ4v) is 2.21. The van der Waals surface area contributed by atoms with Crippen LogP contribution in [0.5, 0.6) is 0 Å². The largest absolute Gasteiger partial charge is 0.370 e. The van der Waals surface area contributed by atoms with E-state index in [1.165, 1.54) is 26.2 Å². The van der Waals surface area contributed by atoms with E-state index in [1.807, 2.05) is 0 Å². The zero-order valence-corrected chi connectivity index (χ0v) is 13.2. The van der Waals surface area contributed by atoms with Gasteiger partial charge in [0.15, 0.2) is 5.96 Å². The van der Waals surface area contributed by atoms with Gasteiger partial charge in [-0.3, -0.25) is 4.99 Å². The van der Waals surface area contributed by atoms with Crippen molar-refractivity contribution in [3.8, 4) is 0 Å². The predicted octanol–water partition coefficient (Wildman–Crippen LogP) is 0.573. The van der Waals surface area contributed by atoms with Crippen LogP contribution in [0.4, 0.5) is 0 Å². The summed E-state index contributed by atoms with van der Waals surface area (Å²) in [5, 5.41) is 3.19. The van der Waals surface area contributed by atoms with Gasteiger partial charge in [-0.2, -0.15) is 0 Å². The lowest BCUT2D eigenvalue weighted by Gasteiger charge is -2.33. The standard InChI is InChI=1S/C14H31N5/c1-12(10-16-13(15)17-14(2,3)4)11-19-8-6-18(5)7-9-19/h12H,6-11H2,1-5H3,(H3,15,16,17). The molecule has 5 heteroatoms. The second-order valence-corrected chi connectivity index (χ2v) is 6.81. The van der Waals surface area contributed by atoms with Crippen LogP contribution in [0.15, 0.2) is 4.99 Å². The number of nitrogens with zero attached hydrogens (tertiary/aromatic N) is 3. The average molecular weight is 269 g/mol. The van der Waals surface area contributed by atoms with Crippen molar-refractivity contribution >= 4 is 5.96 Å². The molecule has 1 rings (SSSR count). The van der Waals surface area contributed by atoms with Crippen molar-refractivity contribution in [1.29, 1.82) is 0 Å². The number of nitrogens with two attached hydrogens (primary N) is 1. The van der Waals surface area contributed by atoms with Gasteiger partial charge >= 0.3 is 0 Å². The molecule has 1 aliphatic rings. The lowest BCUT2D eigenvalue weighted by molar-refractivity contribution is 0.140. The van der Waals surface area contributed by atoms with Gasteiger partial charge in [-0.15, -0.1) is 0 Å². The third-order valence-corrected chi connectivity index (χ3v) is 3.24. The fraction of sp³-hybridized carbons (Fsp3) is 0.929. The number of rotatable bonds is 4. The Morgan fingerprint density at radius 1 is 1.26 bits per heavy atom. The van der Waals surface area contributed by atoms with Crippen LogP contribution >= 0.6 is 0 Å². The first-order chi connectivity index (χ1) is 8.76. The zero-order chi connectivity index (χ0) is 14.5. The molecule has 1 saturated heterocycles. The van der Waals surface area contributed by atoms with Crippen LogP contribution in [0, 0.1) is 5.92 Å². The van der Waals surface area contributed by atoms with Crippen LogP contribution in [0.2, 0.25) is 0 Å². The Morgan fingerprint density at radius 2 is 1.84 bits per heavy atom. The molecular formula is C14H31N5. The highest BCUT2D eigenvalue weighted by Gasteiger charge is 2.16. The minimum atomic E-state index is -0.0196. The van der Waals surface area contributed by atoms with Gasteiger partial charge in [-0.05, 0) is 33.7 Å². The Morgan fingerprint density at radius 3 is 2.37 bits per heavy atom. The smallest absolute Gasteiger partial charge is 0.188 e. The van der Waals surface area contributed by atoms with Crippen molar-refractivity contribution in [3.05, 3.63) is 0 Å². The van der Waals surface area contributed by atoms with Gasteiger partial charge in [0, 0.05) is 44.8 Å². The number of guanidine groups is 1. The van der Waals surface area contributed by atoms with Crippen LogP contribution in [0.25, 0.3) is 0 Å². The van der Waals surface area contributed by atoms with Gasteiger partial charge in [-0.1, -0.05) is 6.92 Å². The van der Waals surface area contributed by atoms with Crippen LogP contribution in [-0.2, 0) is 0 Å². The number of nitrogens with one attached hydrogen (secondary N) is 1. The van der Waals surface area contributed by atoms with E-state index in [2.05, 4.69) is 54.9 Å². The monoisotopic (exact) mass is 269 g/mol. The molecule has 112 valence electrons. The maximum Gasteiger partial charge on any atom is 0.188 e. The highest BCUT2D eigenvalue weighted by atomic mass is 15.2. The van der Waals surface area contributed by atoms with Crippen LogP contribution in [0.1, 0.15) is 27.7 Å². The van der Waals surface area contributed by atoms with Crippen molar-refractivity contribution in [1.82, 2.24) is 15.1 Å². The van der Waals surface area contributed by atoms with Crippen molar-refractivity contribution in [2.24, 2.45) is 16.6 Å². The topological polar surface area (TPSA) is 56.9 Å². The van der Waals surface area contributed by atoms with E-state index in [0.29, 0.717) is 11.9 Å². The Labute approximate surface area is 118 Å². The van der Waals surface area contributed by atoms with Crippen LogP contribution in [0.3, 0.4) is 0 Å². The van der Waals surface area contributed by atoms with E-state index >= 15 is 0 Å². The van der Waals surface area contributed by atoms with E-state index in [1.54, 1.807) is 0 Å². The Kier molecular flexibility index (Phi) is 6.07. The maximum absolute atomic E-state index is 5.88. The van der Waals surface area contributed by atoms with E-state index < -0.39 is 0 Å². The molecule has 0 aromatic carbocycles. The first-order valence-corrected chi connectivity index (χ1v) is 7.25. The number of likely N-dealkylation sites (N-methyl/N-ethyl adjacent to an activating group) is 1. The lowest BCUT2D eigenvalue weighted by atomic mass is 10.1. The predicted molar refractivity (Wildman–Crippen MR) is 82.5 cm³/mol. The Hall–Kier alpha value is -0.810. The first kappa shape index (κ1) is 16.2. The molecule has 0 saturated carbocycles. The highest BCUT2D eigenvalue weighted by molar-refractivity contribution is 5.78. The molecule has 0 aliphatic carbocycles. The van der Waals surface area contributed by atoms with Crippen LogP contribution in [-0.4, -0.2) is 67.6 Å². The van der Waals surface area contributed by atoms with Crippen molar-refractivity contribution in [2.45, 2.75) is 33.2 Å². The van der Waals surface area contributed by atoms with Crippen molar-refractivity contribution < 1.29 is 0 Å². The van der Waals surface area contributed by atoms with Crippen LogP contribution < -0.4 is 11.1 Å². The van der Waals surface area contributed by atoms with E-state index in [9.17, 15) is 0 Å². The highest BCUT2D eigenvalue weighted by Crippen LogP contribution is 2.05. The Bertz CT molecular complexity index is 287. The van der Waals surface area contributed by atoms with E-state index in [4.69, 9.17) is 5.73 Å². The summed E-state index contributed by atoms with van der Waals surface area (Å²) >= 11 is 0. The number of hydrogen-bond donors (Lipinski definition) is 2. The summed E-state index contributed by atoms with van der Waals surface area (Å²) < 4.78 is 0. The Balaban J connectivity index is 2.27. The molecule has 0 radical (unpaired) electrons. The quantitative estimate of drug-likeness (QED) is 0.579. The zero-order valence-electron chi connectivity index (χ0n) is 13.2. The number of hydrogen-bond acceptors (Lipinski definition) is 3. The summed E-state index contributed by atoms with van der Waals surface area (Å²) in [6, 6.07) is 0. The summed E-state index contributed by atoms with van der Waals surface area (Å²) in [5.74, 6) is 1.10. The molecule has 1 aliphatic heterocycles. The molecule has 0 aromatic heterocycles. The van der Waals surface area contributed by atoms with E-state index in [-0.39, 0.29) is 5.54 Å². The molecule has 0 spiro atoms. The second-order valence-electron chi connectivity index (χ2n) is 6.81. The summed E-state index contributed by atoms with van der Waals surface area (Å²) in [6.07, 6.45) is 0. The molecule has 3 N–H and O–H groups in total. The molecule has 1 unspecified atom stereocenters. The molecular weight excluding hydrogens is 238 g/mol. The van der Waals surface area contributed by atoms with Gasteiger partial charge in [0.05, 0.1) is 0 Å². The molecule has 1 heterocycles. The summed E-state index contributed by atoms with van der Waals surface area (Å²) in [6.45, 7) is 15.1. The molecule has 0 bridgehead atoms. The molecule has 0 amide bonds. The SMILES string of the molecule is CC(CN=C(N)NC(C)(C)C)CN1CCN(C)CC1. The molecule has 1 atom stereocenters. The van der Waals surface area contributed by atoms with Gasteiger partial charge < -0.3 is 20.9 Å². The molecule has 5 nitrogen and oxygen atoms in total. The van der Waals surface area contributed by atoms with Crippen molar-refractivity contribution in [3.63, 3.8) is 0 Å². The van der Waals surface area contributed by atoms with Gasteiger partial charge in [0.2, 0.25) is 0 Å². The second kappa shape index (κ2) is 7.10. The first-order valence-electron chi connectivity index (χ1n) is 7.25. The lowest BCUT2D eigenvalue weighted by Crippen LogP contribution is -2.46. The number of aliphatic imine (C=N–C) groups is 1. The number of piperazine rings is 1. The average Bonchev–Trinajstić information content (AvgIpc) is 2.27. The summed E-state index contributed by atoms with van der Waals surface area (Å²) in [7, 11) is 2.18. The minimum absolute atomic E-state index is 0.0196. The van der Waals surface area contributed by atoms with Gasteiger partial charge in [0.1, 0.15) is 0 Å². The maximum atomic E-state index is 5.88. The summed E-state index contributed by atoms with van der Waals surface area (Å²) in [5.41, 5.74) is 5.86. The van der Waals surface area contributed by atoms with E-state index in [0.717, 1.165) is 13.1 Å². The normalized spacial score (nSPS) is 21.4. The molecule has 1 fully saturated rings. The van der Waals surface area contributed by atoms with Gasteiger partial charge in [0.25, 0.3) is 0 Å². The summed E-state index contributed by atoms with van der Waals surface area (Å²) in [4.78, 5) is 9.34. The van der Waals surface area contributed by atoms with Crippen molar-refractivity contribution in [2.75, 3.05) is 46.3 Å². The molecule has 19 heavy (non-hydrogen) atoms. The minimum Gasteiger partial charge on any atom is -0.370 e. The third kappa shape index (κ3) is 7.38. The van der Waals surface area contributed by atoms with Gasteiger partial charge in [-0.25, -0.2) is 0 Å². The fourth-order valence-electron chi connectivity index (χ4n) is 2.21. The molecule has 0 aromatic rings. The third-order valence-electron chi connectivity index (χ3n) is 3.24.